The van der Waals surface area contributed by atoms with E-state index in [-0.39, 0.29) is 5.60 Å². The molecule has 3 unspecified atom stereocenters. The maximum absolute atomic E-state index is 6.16. The number of benzene rings is 1. The predicted octanol–water partition coefficient (Wildman–Crippen LogP) is 3.67. The summed E-state index contributed by atoms with van der Waals surface area (Å²) in [6, 6.07) is 11.0. The molecule has 2 fully saturated rings. The summed E-state index contributed by atoms with van der Waals surface area (Å²) >= 11 is 0. The first-order chi connectivity index (χ1) is 8.39. The standard InChI is InChI=1S/C16H18O/c1-2-5-12(6-3-1)15-13-8-9-16(11-13)14(15)7-4-10-17-16/h1-3,5-7,13,15H,4,8-11H2. The van der Waals surface area contributed by atoms with E-state index in [0.717, 1.165) is 18.9 Å². The van der Waals surface area contributed by atoms with Gasteiger partial charge in [-0.3, -0.25) is 0 Å². The van der Waals surface area contributed by atoms with Crippen molar-refractivity contribution >= 4 is 0 Å². The molecule has 0 radical (unpaired) electrons. The van der Waals surface area contributed by atoms with Gasteiger partial charge in [0.1, 0.15) is 0 Å². The van der Waals surface area contributed by atoms with E-state index >= 15 is 0 Å². The number of fused-ring (bicyclic) bond motifs is 1. The van der Waals surface area contributed by atoms with Crippen molar-refractivity contribution in [3.05, 3.63) is 47.5 Å². The molecule has 2 bridgehead atoms. The topological polar surface area (TPSA) is 9.23 Å². The average molecular weight is 226 g/mol. The Balaban J connectivity index is 1.80. The van der Waals surface area contributed by atoms with Gasteiger partial charge in [0.05, 0.1) is 12.2 Å². The van der Waals surface area contributed by atoms with Crippen molar-refractivity contribution in [3.63, 3.8) is 0 Å². The molecule has 1 heterocycles. The Bertz CT molecular complexity index is 462. The first-order valence-corrected chi connectivity index (χ1v) is 6.78. The largest absolute Gasteiger partial charge is 0.370 e. The van der Waals surface area contributed by atoms with E-state index in [1.165, 1.54) is 24.8 Å². The summed E-state index contributed by atoms with van der Waals surface area (Å²) in [6.07, 6.45) is 7.44. The van der Waals surface area contributed by atoms with Crippen molar-refractivity contribution in [2.45, 2.75) is 37.2 Å². The Labute approximate surface area is 102 Å². The van der Waals surface area contributed by atoms with Crippen LogP contribution in [0.3, 0.4) is 0 Å². The minimum absolute atomic E-state index is 0.142. The van der Waals surface area contributed by atoms with Crippen molar-refractivity contribution in [1.82, 2.24) is 0 Å². The number of rotatable bonds is 1. The van der Waals surface area contributed by atoms with Gasteiger partial charge < -0.3 is 4.74 Å². The van der Waals surface area contributed by atoms with E-state index in [1.54, 1.807) is 5.57 Å². The molecule has 1 aromatic carbocycles. The van der Waals surface area contributed by atoms with Crippen LogP contribution in [0.2, 0.25) is 0 Å². The molecule has 1 aromatic rings. The average Bonchev–Trinajstić information content (AvgIpc) is 2.93. The molecule has 1 spiro atoms. The fourth-order valence-electron chi connectivity index (χ4n) is 4.24. The molecule has 88 valence electrons. The normalized spacial score (nSPS) is 38.9. The van der Waals surface area contributed by atoms with Gasteiger partial charge in [0.25, 0.3) is 0 Å². The summed E-state index contributed by atoms with van der Waals surface area (Å²) in [4.78, 5) is 0. The van der Waals surface area contributed by atoms with E-state index in [2.05, 4.69) is 36.4 Å². The van der Waals surface area contributed by atoms with Gasteiger partial charge in [0.15, 0.2) is 0 Å². The lowest BCUT2D eigenvalue weighted by atomic mass is 9.77. The zero-order chi connectivity index (χ0) is 11.3. The molecule has 3 aliphatic rings. The summed E-state index contributed by atoms with van der Waals surface area (Å²) in [5.74, 6) is 1.46. The SMILES string of the molecule is C1=C2C(c3ccccc3)C3CCC2(C3)OCC1. The Kier molecular flexibility index (Phi) is 2.01. The molecule has 2 saturated carbocycles. The fraction of sp³-hybridized carbons (Fsp3) is 0.500. The van der Waals surface area contributed by atoms with Crippen LogP contribution in [0, 0.1) is 5.92 Å². The maximum atomic E-state index is 6.16. The van der Waals surface area contributed by atoms with Crippen LogP contribution in [-0.2, 0) is 4.74 Å². The van der Waals surface area contributed by atoms with E-state index < -0.39 is 0 Å². The van der Waals surface area contributed by atoms with Crippen LogP contribution >= 0.6 is 0 Å². The second kappa shape index (κ2) is 3.46. The van der Waals surface area contributed by atoms with Crippen molar-refractivity contribution in [3.8, 4) is 0 Å². The second-order valence-corrected chi connectivity index (χ2v) is 5.68. The highest BCUT2D eigenvalue weighted by molar-refractivity contribution is 5.42. The van der Waals surface area contributed by atoms with Gasteiger partial charge >= 0.3 is 0 Å². The zero-order valence-corrected chi connectivity index (χ0v) is 10.1. The first kappa shape index (κ1) is 9.90. The zero-order valence-electron chi connectivity index (χ0n) is 10.1. The lowest BCUT2D eigenvalue weighted by Gasteiger charge is -2.36. The lowest BCUT2D eigenvalue weighted by molar-refractivity contribution is -0.0145. The van der Waals surface area contributed by atoms with Gasteiger partial charge in [0, 0.05) is 5.92 Å². The predicted molar refractivity (Wildman–Crippen MR) is 67.9 cm³/mol. The molecule has 17 heavy (non-hydrogen) atoms. The monoisotopic (exact) mass is 226 g/mol. The second-order valence-electron chi connectivity index (χ2n) is 5.68. The van der Waals surface area contributed by atoms with Crippen LogP contribution in [0.5, 0.6) is 0 Å². The minimum atomic E-state index is 0.142. The summed E-state index contributed by atoms with van der Waals surface area (Å²) < 4.78 is 6.16. The number of hydrogen-bond acceptors (Lipinski definition) is 1. The molecular weight excluding hydrogens is 208 g/mol. The summed E-state index contributed by atoms with van der Waals surface area (Å²) in [5, 5.41) is 0. The van der Waals surface area contributed by atoms with Gasteiger partial charge in [0.2, 0.25) is 0 Å². The fourth-order valence-corrected chi connectivity index (χ4v) is 4.24. The Morgan fingerprint density at radius 1 is 1.18 bits per heavy atom. The van der Waals surface area contributed by atoms with E-state index in [9.17, 15) is 0 Å². The van der Waals surface area contributed by atoms with Gasteiger partial charge in [-0.05, 0) is 42.7 Å². The molecule has 4 rings (SSSR count). The smallest absolute Gasteiger partial charge is 0.0900 e. The van der Waals surface area contributed by atoms with E-state index in [4.69, 9.17) is 4.74 Å². The van der Waals surface area contributed by atoms with Gasteiger partial charge in [-0.25, -0.2) is 0 Å². The summed E-state index contributed by atoms with van der Waals surface area (Å²) in [5.41, 5.74) is 3.24. The minimum Gasteiger partial charge on any atom is -0.370 e. The van der Waals surface area contributed by atoms with Crippen molar-refractivity contribution < 1.29 is 4.74 Å². The number of hydrogen-bond donors (Lipinski definition) is 0. The molecule has 1 nitrogen and oxygen atoms in total. The van der Waals surface area contributed by atoms with E-state index in [0.29, 0.717) is 5.92 Å². The third-order valence-electron chi connectivity index (χ3n) is 4.86. The summed E-state index contributed by atoms with van der Waals surface area (Å²) in [6.45, 7) is 0.928. The highest BCUT2D eigenvalue weighted by Gasteiger charge is 2.56. The molecule has 0 aromatic heterocycles. The van der Waals surface area contributed by atoms with Crippen LogP contribution < -0.4 is 0 Å². The van der Waals surface area contributed by atoms with Crippen molar-refractivity contribution in [2.75, 3.05) is 6.61 Å². The van der Waals surface area contributed by atoms with Crippen LogP contribution in [0.1, 0.15) is 37.2 Å². The van der Waals surface area contributed by atoms with E-state index in [1.807, 2.05) is 0 Å². The van der Waals surface area contributed by atoms with Gasteiger partial charge in [-0.1, -0.05) is 36.4 Å². The Hall–Kier alpha value is -1.08. The quantitative estimate of drug-likeness (QED) is 0.664. The molecular formula is C16H18O. The third-order valence-corrected chi connectivity index (χ3v) is 4.86. The lowest BCUT2D eigenvalue weighted by Crippen LogP contribution is -2.34. The molecule has 1 heteroatoms. The van der Waals surface area contributed by atoms with Crippen LogP contribution in [-0.4, -0.2) is 12.2 Å². The van der Waals surface area contributed by atoms with Crippen molar-refractivity contribution in [1.29, 1.82) is 0 Å². The summed E-state index contributed by atoms with van der Waals surface area (Å²) in [7, 11) is 0. The molecule has 3 atom stereocenters. The Morgan fingerprint density at radius 3 is 2.94 bits per heavy atom. The molecule has 1 aliphatic heterocycles. The van der Waals surface area contributed by atoms with Gasteiger partial charge in [-0.2, -0.15) is 0 Å². The van der Waals surface area contributed by atoms with Crippen LogP contribution in [0.25, 0.3) is 0 Å². The highest BCUT2D eigenvalue weighted by Crippen LogP contribution is 2.61. The van der Waals surface area contributed by atoms with Gasteiger partial charge in [-0.15, -0.1) is 0 Å². The number of ether oxygens (including phenoxy) is 1. The van der Waals surface area contributed by atoms with Crippen LogP contribution in [0.4, 0.5) is 0 Å². The maximum Gasteiger partial charge on any atom is 0.0900 e. The molecule has 0 N–H and O–H groups in total. The third kappa shape index (κ3) is 1.29. The van der Waals surface area contributed by atoms with Crippen molar-refractivity contribution in [2.24, 2.45) is 5.92 Å². The first-order valence-electron chi connectivity index (χ1n) is 6.78. The molecule has 0 amide bonds. The Morgan fingerprint density at radius 2 is 2.06 bits per heavy atom. The highest BCUT2D eigenvalue weighted by atomic mass is 16.5. The molecule has 2 aliphatic carbocycles. The van der Waals surface area contributed by atoms with Crippen LogP contribution in [0.15, 0.2) is 42.0 Å². The molecule has 0 saturated heterocycles.